The third kappa shape index (κ3) is 3.27. The van der Waals surface area contributed by atoms with Crippen LogP contribution in [0.5, 0.6) is 0 Å². The third-order valence-corrected chi connectivity index (χ3v) is 4.57. The van der Waals surface area contributed by atoms with Crippen molar-refractivity contribution in [3.05, 3.63) is 53.7 Å². The predicted molar refractivity (Wildman–Crippen MR) is 85.8 cm³/mol. The molecule has 146 valence electrons. The zero-order valence-corrected chi connectivity index (χ0v) is 14.1. The molecule has 1 aliphatic rings. The van der Waals surface area contributed by atoms with Crippen LogP contribution in [0.3, 0.4) is 0 Å². The Bertz CT molecular complexity index is 998. The highest BCUT2D eigenvalue weighted by Gasteiger charge is 2.41. The van der Waals surface area contributed by atoms with Gasteiger partial charge in [-0.3, -0.25) is 0 Å². The Hall–Kier alpha value is -3.11. The van der Waals surface area contributed by atoms with Crippen LogP contribution in [0.1, 0.15) is 30.7 Å². The minimum absolute atomic E-state index is 0.101. The first kappa shape index (κ1) is 18.3. The van der Waals surface area contributed by atoms with Crippen LogP contribution >= 0.6 is 0 Å². The van der Waals surface area contributed by atoms with Gasteiger partial charge in [0.25, 0.3) is 5.89 Å². The molecule has 6 nitrogen and oxygen atoms in total. The first-order valence-corrected chi connectivity index (χ1v) is 8.24. The maximum absolute atomic E-state index is 14.2. The normalized spacial score (nSPS) is 15.9. The van der Waals surface area contributed by atoms with Crippen LogP contribution in [0.15, 0.2) is 35.0 Å². The van der Waals surface area contributed by atoms with Crippen molar-refractivity contribution < 1.29 is 26.4 Å². The van der Waals surface area contributed by atoms with Gasteiger partial charge in [-0.2, -0.15) is 13.2 Å². The molecular formula is C17H12F5N5O. The van der Waals surface area contributed by atoms with E-state index in [-0.39, 0.29) is 17.4 Å². The molecular weight excluding hydrogens is 385 g/mol. The summed E-state index contributed by atoms with van der Waals surface area (Å²) in [5.41, 5.74) is -0.364. The fourth-order valence-electron chi connectivity index (χ4n) is 3.04. The van der Waals surface area contributed by atoms with Crippen LogP contribution in [0, 0.1) is 11.6 Å². The topological polar surface area (TPSA) is 76.7 Å². The summed E-state index contributed by atoms with van der Waals surface area (Å²) >= 11 is 0. The highest BCUT2D eigenvalue weighted by atomic mass is 19.4. The minimum atomic E-state index is -4.75. The first-order chi connectivity index (χ1) is 13.3. The van der Waals surface area contributed by atoms with Crippen LogP contribution in [-0.2, 0) is 11.7 Å². The lowest BCUT2D eigenvalue weighted by molar-refractivity contribution is -0.156. The Morgan fingerprint density at radius 2 is 1.75 bits per heavy atom. The summed E-state index contributed by atoms with van der Waals surface area (Å²) in [5.74, 6) is -3.04. The summed E-state index contributed by atoms with van der Waals surface area (Å²) in [6.07, 6.45) is -0.279. The van der Waals surface area contributed by atoms with Gasteiger partial charge in [0.15, 0.2) is 0 Å². The number of aromatic nitrogens is 4. The molecule has 0 amide bonds. The second kappa shape index (κ2) is 6.50. The average Bonchev–Trinajstić information content (AvgIpc) is 3.10. The monoisotopic (exact) mass is 397 g/mol. The molecule has 0 radical (unpaired) electrons. The second-order valence-corrected chi connectivity index (χ2v) is 6.39. The van der Waals surface area contributed by atoms with Gasteiger partial charge in [0, 0.05) is 24.0 Å². The van der Waals surface area contributed by atoms with Gasteiger partial charge in [-0.1, -0.05) is 6.07 Å². The summed E-state index contributed by atoms with van der Waals surface area (Å²) in [6.45, 7) is 0. The number of benzene rings is 1. The molecule has 2 heterocycles. The molecule has 2 aromatic heterocycles. The Kier molecular flexibility index (Phi) is 4.24. The molecule has 28 heavy (non-hydrogen) atoms. The molecule has 0 bridgehead atoms. The third-order valence-electron chi connectivity index (χ3n) is 4.57. The number of hydrogen-bond acceptors (Lipinski definition) is 6. The van der Waals surface area contributed by atoms with E-state index in [0.29, 0.717) is 18.4 Å². The van der Waals surface area contributed by atoms with Gasteiger partial charge in [0.1, 0.15) is 11.6 Å². The fourth-order valence-corrected chi connectivity index (χ4v) is 3.04. The van der Waals surface area contributed by atoms with E-state index in [2.05, 4.69) is 29.9 Å². The van der Waals surface area contributed by atoms with Gasteiger partial charge in [0.2, 0.25) is 5.95 Å². The van der Waals surface area contributed by atoms with Gasteiger partial charge in [0.05, 0.1) is 11.1 Å². The standard InChI is InChI=1S/C17H12F5N5O/c18-10-2-3-11(12(19)6-10)16(4-1-5-16)25-15-23-7-9(8-24-15)13-26-27-14(28-13)17(20,21)22/h2-3,6-8H,1,4-5H2,(H,23,24,25). The molecule has 0 unspecified atom stereocenters. The molecule has 0 atom stereocenters. The van der Waals surface area contributed by atoms with E-state index in [4.69, 9.17) is 0 Å². The quantitative estimate of drug-likeness (QED) is 0.661. The number of anilines is 1. The summed E-state index contributed by atoms with van der Waals surface area (Å²) in [6, 6.07) is 3.37. The van der Waals surface area contributed by atoms with Crippen molar-refractivity contribution in [1.29, 1.82) is 0 Å². The van der Waals surface area contributed by atoms with Crippen molar-refractivity contribution in [2.45, 2.75) is 31.0 Å². The molecule has 4 rings (SSSR count). The van der Waals surface area contributed by atoms with Crippen LogP contribution in [-0.4, -0.2) is 20.2 Å². The summed E-state index contributed by atoms with van der Waals surface area (Å²) in [5, 5.41) is 9.31. The van der Waals surface area contributed by atoms with Crippen LogP contribution in [0.4, 0.5) is 27.9 Å². The lowest BCUT2D eigenvalue weighted by atomic mass is 9.71. The van der Waals surface area contributed by atoms with Crippen molar-refractivity contribution in [1.82, 2.24) is 20.2 Å². The van der Waals surface area contributed by atoms with Crippen LogP contribution in [0.2, 0.25) is 0 Å². The van der Waals surface area contributed by atoms with Crippen molar-refractivity contribution in [2.75, 3.05) is 5.32 Å². The molecule has 3 aromatic rings. The number of nitrogens with zero attached hydrogens (tertiary/aromatic N) is 4. The Balaban J connectivity index is 1.56. The number of rotatable bonds is 4. The zero-order valence-electron chi connectivity index (χ0n) is 14.1. The number of halogens is 5. The van der Waals surface area contributed by atoms with E-state index in [1.165, 1.54) is 24.5 Å². The van der Waals surface area contributed by atoms with Crippen molar-refractivity contribution in [3.63, 3.8) is 0 Å². The minimum Gasteiger partial charge on any atom is -0.413 e. The Morgan fingerprint density at radius 3 is 2.29 bits per heavy atom. The van der Waals surface area contributed by atoms with Crippen molar-refractivity contribution >= 4 is 5.95 Å². The lowest BCUT2D eigenvalue weighted by Gasteiger charge is -2.43. The molecule has 1 saturated carbocycles. The smallest absolute Gasteiger partial charge is 0.413 e. The lowest BCUT2D eigenvalue weighted by Crippen LogP contribution is -2.43. The predicted octanol–water partition coefficient (Wildman–Crippen LogP) is 4.31. The van der Waals surface area contributed by atoms with Crippen molar-refractivity contribution in [2.24, 2.45) is 0 Å². The van der Waals surface area contributed by atoms with Crippen LogP contribution < -0.4 is 5.32 Å². The largest absolute Gasteiger partial charge is 0.470 e. The fraction of sp³-hybridized carbons (Fsp3) is 0.294. The highest BCUT2D eigenvalue weighted by Crippen LogP contribution is 2.44. The maximum Gasteiger partial charge on any atom is 0.470 e. The maximum atomic E-state index is 14.2. The van der Waals surface area contributed by atoms with Gasteiger partial charge in [-0.25, -0.2) is 18.7 Å². The Morgan fingerprint density at radius 1 is 1.04 bits per heavy atom. The van der Waals surface area contributed by atoms with Gasteiger partial charge >= 0.3 is 12.1 Å². The summed E-state index contributed by atoms with van der Waals surface area (Å²) < 4.78 is 69.6. The molecule has 1 N–H and O–H groups in total. The first-order valence-electron chi connectivity index (χ1n) is 8.24. The molecule has 0 saturated heterocycles. The van der Waals surface area contributed by atoms with E-state index < -0.39 is 29.2 Å². The molecule has 0 spiro atoms. The molecule has 11 heteroatoms. The highest BCUT2D eigenvalue weighted by molar-refractivity contribution is 5.51. The molecule has 1 fully saturated rings. The van der Waals surface area contributed by atoms with Gasteiger partial charge in [-0.15, -0.1) is 10.2 Å². The number of alkyl halides is 3. The van der Waals surface area contributed by atoms with E-state index >= 15 is 0 Å². The molecule has 1 aliphatic carbocycles. The number of nitrogens with one attached hydrogen (secondary N) is 1. The van der Waals surface area contributed by atoms with E-state index in [9.17, 15) is 22.0 Å². The summed E-state index contributed by atoms with van der Waals surface area (Å²) in [4.78, 5) is 8.08. The zero-order chi connectivity index (χ0) is 19.9. The van der Waals surface area contributed by atoms with Gasteiger partial charge < -0.3 is 9.73 Å². The van der Waals surface area contributed by atoms with E-state index in [1.807, 2.05) is 0 Å². The van der Waals surface area contributed by atoms with E-state index in [0.717, 1.165) is 12.5 Å². The van der Waals surface area contributed by atoms with Crippen LogP contribution in [0.25, 0.3) is 11.5 Å². The second-order valence-electron chi connectivity index (χ2n) is 6.39. The molecule has 1 aromatic carbocycles. The van der Waals surface area contributed by atoms with Gasteiger partial charge in [-0.05, 0) is 25.3 Å². The average molecular weight is 397 g/mol. The van der Waals surface area contributed by atoms with E-state index in [1.54, 1.807) is 0 Å². The summed E-state index contributed by atoms with van der Waals surface area (Å²) in [7, 11) is 0. The molecule has 0 aliphatic heterocycles. The van der Waals surface area contributed by atoms with Crippen molar-refractivity contribution in [3.8, 4) is 11.5 Å². The Labute approximate surface area is 154 Å². The SMILES string of the molecule is Fc1ccc(C2(Nc3ncc(-c4nnc(C(F)(F)F)o4)cn3)CCC2)c(F)c1. The number of hydrogen-bond donors (Lipinski definition) is 1.